The highest BCUT2D eigenvalue weighted by molar-refractivity contribution is 5.02. The zero-order valence-electron chi connectivity index (χ0n) is 7.42. The fraction of sp³-hybridized carbons (Fsp3) is 1.00. The molecule has 0 aromatic carbocycles. The molecule has 2 fully saturated rings. The van der Waals surface area contributed by atoms with Gasteiger partial charge in [-0.05, 0) is 17.8 Å². The van der Waals surface area contributed by atoms with Crippen LogP contribution in [0.5, 0.6) is 0 Å². The van der Waals surface area contributed by atoms with Crippen LogP contribution in [0, 0.1) is 17.8 Å². The van der Waals surface area contributed by atoms with Crippen LogP contribution in [0.4, 0.5) is 0 Å². The first kappa shape index (κ1) is 7.56. The molecule has 0 aromatic rings. The minimum Gasteiger partial charge on any atom is -0.383 e. The number of rotatable bonds is 3. The number of methoxy groups -OCH3 is 1. The molecule has 1 aliphatic heterocycles. The fourth-order valence-electron chi connectivity index (χ4n) is 2.31. The van der Waals surface area contributed by atoms with Crippen molar-refractivity contribution < 1.29 is 4.74 Å². The Morgan fingerprint density at radius 2 is 2.00 bits per heavy atom. The van der Waals surface area contributed by atoms with Crippen LogP contribution < -0.4 is 0 Å². The molecule has 3 atom stereocenters. The lowest BCUT2D eigenvalue weighted by Gasteiger charge is -2.17. The van der Waals surface area contributed by atoms with Gasteiger partial charge in [0.15, 0.2) is 0 Å². The number of hydrogen-bond donors (Lipinski definition) is 0. The number of nitrogens with zero attached hydrogens (tertiary/aromatic N) is 1. The van der Waals surface area contributed by atoms with Gasteiger partial charge in [0.25, 0.3) is 0 Å². The van der Waals surface area contributed by atoms with Crippen molar-refractivity contribution in [2.75, 3.05) is 33.4 Å². The minimum absolute atomic E-state index is 0.897. The highest BCUT2D eigenvalue weighted by Gasteiger charge is 2.52. The molecular formula is C9H17NO. The van der Waals surface area contributed by atoms with Crippen LogP contribution in [0.15, 0.2) is 0 Å². The Balaban J connectivity index is 1.69. The van der Waals surface area contributed by atoms with Crippen molar-refractivity contribution in [1.82, 2.24) is 4.90 Å². The number of ether oxygens (including phenoxy) is 1. The van der Waals surface area contributed by atoms with Gasteiger partial charge in [0.2, 0.25) is 0 Å². The molecule has 1 unspecified atom stereocenters. The van der Waals surface area contributed by atoms with Crippen molar-refractivity contribution >= 4 is 0 Å². The van der Waals surface area contributed by atoms with Crippen LogP contribution in [-0.2, 0) is 4.74 Å². The quantitative estimate of drug-likeness (QED) is 0.598. The van der Waals surface area contributed by atoms with E-state index < -0.39 is 0 Å². The van der Waals surface area contributed by atoms with E-state index in [9.17, 15) is 0 Å². The van der Waals surface area contributed by atoms with Crippen LogP contribution in [0.2, 0.25) is 0 Å². The third-order valence-corrected chi connectivity index (χ3v) is 3.31. The summed E-state index contributed by atoms with van der Waals surface area (Å²) in [5, 5.41) is 0. The van der Waals surface area contributed by atoms with E-state index in [1.165, 1.54) is 13.1 Å². The topological polar surface area (TPSA) is 12.5 Å². The van der Waals surface area contributed by atoms with Crippen LogP contribution in [0.25, 0.3) is 0 Å². The van der Waals surface area contributed by atoms with Gasteiger partial charge in [0.05, 0.1) is 6.61 Å². The number of fused-ring (bicyclic) bond motifs is 1. The van der Waals surface area contributed by atoms with E-state index >= 15 is 0 Å². The summed E-state index contributed by atoms with van der Waals surface area (Å²) in [6, 6.07) is 0. The van der Waals surface area contributed by atoms with E-state index in [2.05, 4.69) is 11.8 Å². The maximum Gasteiger partial charge on any atom is 0.0589 e. The van der Waals surface area contributed by atoms with Crippen molar-refractivity contribution in [3.8, 4) is 0 Å². The number of likely N-dealkylation sites (tertiary alicyclic amines) is 1. The Kier molecular flexibility index (Phi) is 1.90. The van der Waals surface area contributed by atoms with Crippen LogP contribution in [-0.4, -0.2) is 38.3 Å². The van der Waals surface area contributed by atoms with Crippen molar-refractivity contribution in [3.05, 3.63) is 0 Å². The second-order valence-electron chi connectivity index (χ2n) is 3.94. The fourth-order valence-corrected chi connectivity index (χ4v) is 2.31. The predicted octanol–water partition coefficient (Wildman–Crippen LogP) is 0.831. The van der Waals surface area contributed by atoms with E-state index in [-0.39, 0.29) is 0 Å². The van der Waals surface area contributed by atoms with Gasteiger partial charge in [0.1, 0.15) is 0 Å². The Morgan fingerprint density at radius 3 is 2.55 bits per heavy atom. The van der Waals surface area contributed by atoms with Gasteiger partial charge in [-0.25, -0.2) is 0 Å². The van der Waals surface area contributed by atoms with Gasteiger partial charge in [-0.2, -0.15) is 0 Å². The van der Waals surface area contributed by atoms with E-state index in [0.717, 1.165) is 30.9 Å². The third-order valence-electron chi connectivity index (χ3n) is 3.31. The summed E-state index contributed by atoms with van der Waals surface area (Å²) in [6.07, 6.45) is 0. The van der Waals surface area contributed by atoms with Gasteiger partial charge < -0.3 is 9.64 Å². The lowest BCUT2D eigenvalue weighted by atomic mass is 10.3. The molecule has 11 heavy (non-hydrogen) atoms. The largest absolute Gasteiger partial charge is 0.383 e. The maximum atomic E-state index is 5.04. The van der Waals surface area contributed by atoms with Crippen LogP contribution in [0.1, 0.15) is 6.92 Å². The van der Waals surface area contributed by atoms with E-state index in [1.807, 2.05) is 0 Å². The summed E-state index contributed by atoms with van der Waals surface area (Å²) < 4.78 is 5.04. The SMILES string of the molecule is COCCN1C[C@@H]2C(C)[C@@H]2C1. The predicted molar refractivity (Wildman–Crippen MR) is 44.5 cm³/mol. The molecule has 64 valence electrons. The van der Waals surface area contributed by atoms with Crippen molar-refractivity contribution in [1.29, 1.82) is 0 Å². The zero-order valence-corrected chi connectivity index (χ0v) is 7.42. The van der Waals surface area contributed by atoms with Crippen LogP contribution >= 0.6 is 0 Å². The van der Waals surface area contributed by atoms with Crippen molar-refractivity contribution in [2.45, 2.75) is 6.92 Å². The molecule has 1 saturated carbocycles. The molecule has 1 aliphatic carbocycles. The van der Waals surface area contributed by atoms with Gasteiger partial charge in [-0.1, -0.05) is 6.92 Å². The number of hydrogen-bond acceptors (Lipinski definition) is 2. The molecule has 1 saturated heterocycles. The molecule has 0 N–H and O–H groups in total. The molecule has 0 radical (unpaired) electrons. The molecular weight excluding hydrogens is 138 g/mol. The molecule has 2 nitrogen and oxygen atoms in total. The highest BCUT2D eigenvalue weighted by Crippen LogP contribution is 2.50. The summed E-state index contributed by atoms with van der Waals surface area (Å²) in [6.45, 7) is 7.07. The molecule has 0 spiro atoms. The molecule has 0 aromatic heterocycles. The van der Waals surface area contributed by atoms with Gasteiger partial charge >= 0.3 is 0 Å². The normalized spacial score (nSPS) is 42.5. The smallest absolute Gasteiger partial charge is 0.0589 e. The third kappa shape index (κ3) is 1.30. The Morgan fingerprint density at radius 1 is 1.36 bits per heavy atom. The Hall–Kier alpha value is -0.0800. The van der Waals surface area contributed by atoms with Crippen molar-refractivity contribution in [3.63, 3.8) is 0 Å². The van der Waals surface area contributed by atoms with E-state index in [0.29, 0.717) is 0 Å². The monoisotopic (exact) mass is 155 g/mol. The zero-order chi connectivity index (χ0) is 7.84. The molecule has 2 aliphatic rings. The average molecular weight is 155 g/mol. The summed E-state index contributed by atoms with van der Waals surface area (Å²) >= 11 is 0. The summed E-state index contributed by atoms with van der Waals surface area (Å²) in [7, 11) is 1.78. The standard InChI is InChI=1S/C9H17NO/c1-7-8-5-10(3-4-11-2)6-9(7)8/h7-9H,3-6H2,1-2H3/t7?,8-,9+. The molecule has 2 heteroatoms. The first-order valence-corrected chi connectivity index (χ1v) is 4.54. The first-order chi connectivity index (χ1) is 5.33. The van der Waals surface area contributed by atoms with Crippen LogP contribution in [0.3, 0.4) is 0 Å². The molecule has 2 rings (SSSR count). The molecule has 0 bridgehead atoms. The molecule has 0 amide bonds. The van der Waals surface area contributed by atoms with Gasteiger partial charge in [-0.3, -0.25) is 0 Å². The number of piperidine rings is 1. The first-order valence-electron chi connectivity index (χ1n) is 4.54. The summed E-state index contributed by atoms with van der Waals surface area (Å²) in [5.41, 5.74) is 0. The summed E-state index contributed by atoms with van der Waals surface area (Å²) in [4.78, 5) is 2.53. The highest BCUT2D eigenvalue weighted by atomic mass is 16.5. The minimum atomic E-state index is 0.897. The van der Waals surface area contributed by atoms with Crippen molar-refractivity contribution in [2.24, 2.45) is 17.8 Å². The second kappa shape index (κ2) is 2.76. The van der Waals surface area contributed by atoms with Gasteiger partial charge in [-0.15, -0.1) is 0 Å². The van der Waals surface area contributed by atoms with E-state index in [1.54, 1.807) is 7.11 Å². The Labute approximate surface area is 68.5 Å². The molecule has 1 heterocycles. The maximum absolute atomic E-state index is 5.04. The lowest BCUT2D eigenvalue weighted by molar-refractivity contribution is 0.152. The van der Waals surface area contributed by atoms with Gasteiger partial charge in [0, 0.05) is 26.7 Å². The van der Waals surface area contributed by atoms with E-state index in [4.69, 9.17) is 4.74 Å². The average Bonchev–Trinajstić information content (AvgIpc) is 2.54. The lowest BCUT2D eigenvalue weighted by Crippen LogP contribution is -2.27. The Bertz CT molecular complexity index is 136. The summed E-state index contributed by atoms with van der Waals surface area (Å²) in [5.74, 6) is 3.09. The second-order valence-corrected chi connectivity index (χ2v) is 3.94.